The topological polar surface area (TPSA) is 49.4 Å². The molecule has 0 aromatic heterocycles. The van der Waals surface area contributed by atoms with Crippen molar-refractivity contribution >= 4 is 35.2 Å². The lowest BCUT2D eigenvalue weighted by molar-refractivity contribution is -0.126. The highest BCUT2D eigenvalue weighted by Gasteiger charge is 2.43. The molecule has 0 spiro atoms. The maximum Gasteiger partial charge on any atom is 0.256 e. The first kappa shape index (κ1) is 20.7. The first-order valence-corrected chi connectivity index (χ1v) is 10.7. The third-order valence-electron chi connectivity index (χ3n) is 4.55. The molecule has 2 amide bonds. The number of hydrogen-bond acceptors (Lipinski definition) is 3. The first-order chi connectivity index (χ1) is 13.2. The van der Waals surface area contributed by atoms with E-state index in [0.29, 0.717) is 16.3 Å². The maximum absolute atomic E-state index is 13.5. The zero-order valence-corrected chi connectivity index (χ0v) is 18.1. The second-order valence-electron chi connectivity index (χ2n) is 8.02. The Morgan fingerprint density at radius 2 is 1.86 bits per heavy atom. The van der Waals surface area contributed by atoms with E-state index in [-0.39, 0.29) is 22.7 Å². The van der Waals surface area contributed by atoms with Gasteiger partial charge in [0.15, 0.2) is 0 Å². The summed E-state index contributed by atoms with van der Waals surface area (Å²) in [7, 11) is 0. The Morgan fingerprint density at radius 3 is 2.50 bits per heavy atom. The van der Waals surface area contributed by atoms with E-state index in [9.17, 15) is 9.59 Å². The number of nitrogens with zero attached hydrogens (tertiary/aromatic N) is 1. The van der Waals surface area contributed by atoms with Crippen LogP contribution in [-0.2, 0) is 4.79 Å². The Hall–Kier alpha value is -1.98. The molecule has 0 saturated carbocycles. The molecule has 0 unspecified atom stereocenters. The summed E-state index contributed by atoms with van der Waals surface area (Å²) < 4.78 is 0. The molecule has 2 atom stereocenters. The van der Waals surface area contributed by atoms with Gasteiger partial charge >= 0.3 is 0 Å². The van der Waals surface area contributed by atoms with E-state index < -0.39 is 6.04 Å². The van der Waals surface area contributed by atoms with Gasteiger partial charge in [-0.1, -0.05) is 41.9 Å². The lowest BCUT2D eigenvalue weighted by atomic mass is 10.0. The van der Waals surface area contributed by atoms with E-state index in [1.807, 2.05) is 76.2 Å². The number of carbonyl (C=O) groups is 2. The first-order valence-electron chi connectivity index (χ1n) is 9.25. The van der Waals surface area contributed by atoms with Crippen LogP contribution in [0.15, 0.2) is 48.5 Å². The van der Waals surface area contributed by atoms with Crippen molar-refractivity contribution in [2.24, 2.45) is 0 Å². The van der Waals surface area contributed by atoms with Crippen LogP contribution in [0.5, 0.6) is 0 Å². The van der Waals surface area contributed by atoms with Crippen LogP contribution in [0, 0.1) is 6.92 Å². The average Bonchev–Trinajstić information content (AvgIpc) is 3.05. The fourth-order valence-electron chi connectivity index (χ4n) is 3.28. The molecule has 0 bridgehead atoms. The van der Waals surface area contributed by atoms with Gasteiger partial charge in [0.2, 0.25) is 5.91 Å². The normalized spacial score (nSPS) is 19.5. The summed E-state index contributed by atoms with van der Waals surface area (Å²) in [5, 5.41) is 3.38. The van der Waals surface area contributed by atoms with Crippen molar-refractivity contribution in [3.8, 4) is 0 Å². The van der Waals surface area contributed by atoms with Crippen molar-refractivity contribution in [2.75, 3.05) is 5.75 Å². The molecule has 3 rings (SSSR count). The number of benzene rings is 2. The molecule has 1 saturated heterocycles. The van der Waals surface area contributed by atoms with Crippen LogP contribution in [0.4, 0.5) is 0 Å². The Bertz CT molecular complexity index is 894. The minimum absolute atomic E-state index is 0.133. The number of halogens is 1. The van der Waals surface area contributed by atoms with Crippen LogP contribution in [0.1, 0.15) is 47.6 Å². The Morgan fingerprint density at radius 1 is 1.14 bits per heavy atom. The number of rotatable bonds is 3. The summed E-state index contributed by atoms with van der Waals surface area (Å²) in [6.45, 7) is 7.73. The molecule has 0 radical (unpaired) electrons. The van der Waals surface area contributed by atoms with Gasteiger partial charge in [0.1, 0.15) is 11.4 Å². The predicted molar refractivity (Wildman–Crippen MR) is 116 cm³/mol. The zero-order chi connectivity index (χ0) is 20.5. The maximum atomic E-state index is 13.5. The monoisotopic (exact) mass is 416 g/mol. The number of carbonyl (C=O) groups excluding carboxylic acids is 2. The van der Waals surface area contributed by atoms with Gasteiger partial charge in [0.05, 0.1) is 0 Å². The number of aryl methyl sites for hydroxylation is 1. The van der Waals surface area contributed by atoms with Gasteiger partial charge in [-0.2, -0.15) is 0 Å². The molecule has 1 fully saturated rings. The summed E-state index contributed by atoms with van der Waals surface area (Å²) in [4.78, 5) is 28.2. The average molecular weight is 417 g/mol. The van der Waals surface area contributed by atoms with Crippen molar-refractivity contribution < 1.29 is 9.59 Å². The van der Waals surface area contributed by atoms with E-state index in [0.717, 1.165) is 11.1 Å². The summed E-state index contributed by atoms with van der Waals surface area (Å²) in [5.74, 6) is 0.269. The molecule has 2 aromatic rings. The van der Waals surface area contributed by atoms with Crippen LogP contribution in [0.3, 0.4) is 0 Å². The van der Waals surface area contributed by atoms with Crippen LogP contribution in [0.25, 0.3) is 0 Å². The molecular weight excluding hydrogens is 392 g/mol. The molecule has 6 heteroatoms. The quantitative estimate of drug-likeness (QED) is 0.780. The largest absolute Gasteiger partial charge is 0.350 e. The molecule has 1 N–H and O–H groups in total. The highest BCUT2D eigenvalue weighted by atomic mass is 35.5. The van der Waals surface area contributed by atoms with E-state index in [4.69, 9.17) is 11.6 Å². The van der Waals surface area contributed by atoms with Crippen LogP contribution in [-0.4, -0.2) is 34.0 Å². The molecule has 148 valence electrons. The molecule has 4 nitrogen and oxygen atoms in total. The molecule has 1 aliphatic heterocycles. The summed E-state index contributed by atoms with van der Waals surface area (Å²) in [6.07, 6.45) is 0. The van der Waals surface area contributed by atoms with Gasteiger partial charge in [-0.3, -0.25) is 9.59 Å². The highest BCUT2D eigenvalue weighted by molar-refractivity contribution is 7.99. The van der Waals surface area contributed by atoms with Crippen LogP contribution in [0.2, 0.25) is 5.02 Å². The van der Waals surface area contributed by atoms with Gasteiger partial charge in [-0.15, -0.1) is 11.8 Å². The number of hydrogen-bond donors (Lipinski definition) is 1. The number of nitrogens with one attached hydrogen (secondary N) is 1. The van der Waals surface area contributed by atoms with Gasteiger partial charge < -0.3 is 10.2 Å². The van der Waals surface area contributed by atoms with Crippen molar-refractivity contribution in [1.82, 2.24) is 10.2 Å². The van der Waals surface area contributed by atoms with Crippen molar-refractivity contribution in [1.29, 1.82) is 0 Å². The second kappa shape index (κ2) is 8.18. The minimum atomic E-state index is -0.541. The number of amides is 2. The van der Waals surface area contributed by atoms with Crippen LogP contribution < -0.4 is 5.32 Å². The van der Waals surface area contributed by atoms with Crippen molar-refractivity contribution in [3.63, 3.8) is 0 Å². The molecule has 0 aliphatic carbocycles. The lowest BCUT2D eigenvalue weighted by Crippen LogP contribution is -2.52. The van der Waals surface area contributed by atoms with Crippen LogP contribution >= 0.6 is 23.4 Å². The molecule has 1 heterocycles. The second-order valence-corrected chi connectivity index (χ2v) is 9.57. The summed E-state index contributed by atoms with van der Waals surface area (Å²) in [6, 6.07) is 14.4. The third-order valence-corrected chi connectivity index (χ3v) is 6.10. The molecule has 28 heavy (non-hydrogen) atoms. The van der Waals surface area contributed by atoms with Gasteiger partial charge in [0.25, 0.3) is 5.91 Å². The van der Waals surface area contributed by atoms with Gasteiger partial charge in [-0.05, 0) is 57.0 Å². The van der Waals surface area contributed by atoms with E-state index >= 15 is 0 Å². The Labute approximate surface area is 175 Å². The van der Waals surface area contributed by atoms with E-state index in [2.05, 4.69) is 5.32 Å². The van der Waals surface area contributed by atoms with E-state index in [1.165, 1.54) is 0 Å². The lowest BCUT2D eigenvalue weighted by Gasteiger charge is -2.31. The zero-order valence-electron chi connectivity index (χ0n) is 16.5. The standard InChI is InChI=1S/C22H25ClN2O2S/c1-14-8-5-6-11-17(14)20(27)25-18(19(26)24-22(2,3)4)13-28-21(25)15-9-7-10-16(23)12-15/h5-12,18,21H,13H2,1-4H3,(H,24,26)/t18-,21-/m1/s1. The number of thioether (sulfide) groups is 1. The van der Waals surface area contributed by atoms with E-state index in [1.54, 1.807) is 16.7 Å². The minimum Gasteiger partial charge on any atom is -0.350 e. The SMILES string of the molecule is Cc1ccccc1C(=O)N1[C@@H](C(=O)NC(C)(C)C)CS[C@@H]1c1cccc(Cl)c1. The smallest absolute Gasteiger partial charge is 0.256 e. The fourth-order valence-corrected chi connectivity index (χ4v) is 4.90. The molecule has 1 aliphatic rings. The van der Waals surface area contributed by atoms with Crippen molar-refractivity contribution in [2.45, 2.75) is 44.6 Å². The third kappa shape index (κ3) is 4.53. The fraction of sp³-hybridized carbons (Fsp3) is 0.364. The Kier molecular flexibility index (Phi) is 6.06. The summed E-state index contributed by atoms with van der Waals surface area (Å²) in [5.41, 5.74) is 2.06. The molecular formula is C22H25ClN2O2S. The predicted octanol–water partition coefficient (Wildman–Crippen LogP) is 4.82. The Balaban J connectivity index is 2.00. The highest BCUT2D eigenvalue weighted by Crippen LogP contribution is 2.43. The van der Waals surface area contributed by atoms with Gasteiger partial charge in [0, 0.05) is 21.9 Å². The van der Waals surface area contributed by atoms with Gasteiger partial charge in [-0.25, -0.2) is 0 Å². The molecule has 2 aromatic carbocycles. The summed E-state index contributed by atoms with van der Waals surface area (Å²) >= 11 is 7.78. The van der Waals surface area contributed by atoms with Crippen molar-refractivity contribution in [3.05, 3.63) is 70.2 Å².